The molecule has 1 aromatic rings. The SMILES string of the molecule is CN=C(NCc1cccc(NC(=O)C2CCC2)c1)N1CCCC(CC(N)=O)C1. The van der Waals surface area contributed by atoms with E-state index in [9.17, 15) is 9.59 Å². The first-order valence-electron chi connectivity index (χ1n) is 10.2. The average molecular weight is 386 g/mol. The summed E-state index contributed by atoms with van der Waals surface area (Å²) in [6.45, 7) is 2.34. The number of nitrogens with zero attached hydrogens (tertiary/aromatic N) is 2. The zero-order valence-corrected chi connectivity index (χ0v) is 16.6. The number of aliphatic imine (C=N–C) groups is 1. The summed E-state index contributed by atoms with van der Waals surface area (Å²) in [5, 5.41) is 6.42. The molecule has 2 aliphatic rings. The molecule has 1 heterocycles. The first kappa shape index (κ1) is 20.2. The van der Waals surface area contributed by atoms with Gasteiger partial charge < -0.3 is 21.3 Å². The number of anilines is 1. The van der Waals surface area contributed by atoms with Crippen LogP contribution in [0.1, 0.15) is 44.1 Å². The van der Waals surface area contributed by atoms with Crippen molar-refractivity contribution in [2.75, 3.05) is 25.5 Å². The van der Waals surface area contributed by atoms with Gasteiger partial charge in [-0.3, -0.25) is 14.6 Å². The highest BCUT2D eigenvalue weighted by Gasteiger charge is 2.25. The summed E-state index contributed by atoms with van der Waals surface area (Å²) < 4.78 is 0. The Kier molecular flexibility index (Phi) is 6.90. The number of amides is 2. The Labute approximate surface area is 166 Å². The molecule has 0 aromatic heterocycles. The lowest BCUT2D eigenvalue weighted by atomic mass is 9.85. The van der Waals surface area contributed by atoms with Crippen LogP contribution in [0.15, 0.2) is 29.3 Å². The zero-order chi connectivity index (χ0) is 19.9. The molecule has 7 nitrogen and oxygen atoms in total. The normalized spacial score (nSPS) is 20.4. The van der Waals surface area contributed by atoms with Gasteiger partial charge in [0.1, 0.15) is 0 Å². The van der Waals surface area contributed by atoms with Crippen molar-refractivity contribution in [2.45, 2.75) is 45.1 Å². The number of rotatable bonds is 6. The Bertz CT molecular complexity index is 729. The molecule has 0 bridgehead atoms. The number of benzene rings is 1. The Balaban J connectivity index is 1.54. The maximum atomic E-state index is 12.1. The van der Waals surface area contributed by atoms with Crippen LogP contribution in [0, 0.1) is 11.8 Å². The van der Waals surface area contributed by atoms with Gasteiger partial charge in [-0.05, 0) is 49.3 Å². The number of nitrogens with two attached hydrogens (primary N) is 1. The van der Waals surface area contributed by atoms with Crippen LogP contribution in [0.4, 0.5) is 5.69 Å². The van der Waals surface area contributed by atoms with Crippen molar-refractivity contribution in [2.24, 2.45) is 22.6 Å². The molecule has 2 fully saturated rings. The van der Waals surface area contributed by atoms with Gasteiger partial charge >= 0.3 is 0 Å². The molecular weight excluding hydrogens is 354 g/mol. The number of piperidine rings is 1. The second-order valence-corrected chi connectivity index (χ2v) is 7.84. The molecule has 1 aliphatic carbocycles. The van der Waals surface area contributed by atoms with E-state index in [1.54, 1.807) is 7.05 Å². The van der Waals surface area contributed by atoms with Crippen LogP contribution in [0.3, 0.4) is 0 Å². The second kappa shape index (κ2) is 9.57. The maximum absolute atomic E-state index is 12.1. The largest absolute Gasteiger partial charge is 0.370 e. The smallest absolute Gasteiger partial charge is 0.227 e. The van der Waals surface area contributed by atoms with E-state index in [2.05, 4.69) is 20.5 Å². The average Bonchev–Trinajstić information content (AvgIpc) is 2.61. The Morgan fingerprint density at radius 3 is 2.75 bits per heavy atom. The van der Waals surface area contributed by atoms with Crippen molar-refractivity contribution in [3.8, 4) is 0 Å². The zero-order valence-electron chi connectivity index (χ0n) is 16.6. The summed E-state index contributed by atoms with van der Waals surface area (Å²) in [5.41, 5.74) is 7.28. The molecule has 28 heavy (non-hydrogen) atoms. The molecule has 0 radical (unpaired) electrons. The third kappa shape index (κ3) is 5.47. The van der Waals surface area contributed by atoms with Gasteiger partial charge in [-0.15, -0.1) is 0 Å². The van der Waals surface area contributed by atoms with Crippen LogP contribution in [-0.4, -0.2) is 42.8 Å². The molecule has 2 amide bonds. The van der Waals surface area contributed by atoms with Crippen molar-refractivity contribution in [1.29, 1.82) is 0 Å². The van der Waals surface area contributed by atoms with Crippen LogP contribution in [0.25, 0.3) is 0 Å². The fraction of sp³-hybridized carbons (Fsp3) is 0.571. The van der Waals surface area contributed by atoms with Crippen molar-refractivity contribution in [1.82, 2.24) is 10.2 Å². The van der Waals surface area contributed by atoms with Crippen LogP contribution < -0.4 is 16.4 Å². The highest BCUT2D eigenvalue weighted by atomic mass is 16.2. The van der Waals surface area contributed by atoms with E-state index in [1.165, 1.54) is 0 Å². The van der Waals surface area contributed by atoms with E-state index in [4.69, 9.17) is 5.73 Å². The number of guanidine groups is 1. The highest BCUT2D eigenvalue weighted by Crippen LogP contribution is 2.27. The molecule has 1 saturated carbocycles. The fourth-order valence-corrected chi connectivity index (χ4v) is 3.90. The minimum Gasteiger partial charge on any atom is -0.370 e. The van der Waals surface area contributed by atoms with E-state index in [0.29, 0.717) is 13.0 Å². The first-order valence-corrected chi connectivity index (χ1v) is 10.2. The van der Waals surface area contributed by atoms with Crippen molar-refractivity contribution >= 4 is 23.5 Å². The molecule has 1 atom stereocenters. The van der Waals surface area contributed by atoms with Gasteiger partial charge in [-0.25, -0.2) is 0 Å². The lowest BCUT2D eigenvalue weighted by Gasteiger charge is -2.34. The molecular formula is C21H31N5O2. The van der Waals surface area contributed by atoms with Gasteiger partial charge in [0, 0.05) is 44.7 Å². The maximum Gasteiger partial charge on any atom is 0.227 e. The predicted octanol–water partition coefficient (Wildman–Crippen LogP) is 2.09. The summed E-state index contributed by atoms with van der Waals surface area (Å²) in [6, 6.07) is 7.92. The molecule has 0 spiro atoms. The van der Waals surface area contributed by atoms with E-state index in [-0.39, 0.29) is 23.7 Å². The quantitative estimate of drug-likeness (QED) is 0.516. The number of likely N-dealkylation sites (tertiary alicyclic amines) is 1. The number of hydrogen-bond acceptors (Lipinski definition) is 3. The van der Waals surface area contributed by atoms with Crippen LogP contribution in [-0.2, 0) is 16.1 Å². The number of primary amides is 1. The second-order valence-electron chi connectivity index (χ2n) is 7.84. The summed E-state index contributed by atoms with van der Waals surface area (Å²) in [5.74, 6) is 1.18. The molecule has 1 saturated heterocycles. The van der Waals surface area contributed by atoms with Gasteiger partial charge in [-0.1, -0.05) is 18.6 Å². The molecule has 152 valence electrons. The summed E-state index contributed by atoms with van der Waals surface area (Å²) in [7, 11) is 1.77. The summed E-state index contributed by atoms with van der Waals surface area (Å²) in [6.07, 6.45) is 5.63. The number of hydrogen-bond donors (Lipinski definition) is 3. The van der Waals surface area contributed by atoms with E-state index in [0.717, 1.165) is 62.4 Å². The van der Waals surface area contributed by atoms with Crippen molar-refractivity contribution in [3.05, 3.63) is 29.8 Å². The third-order valence-corrected chi connectivity index (χ3v) is 5.64. The Hall–Kier alpha value is -2.57. The lowest BCUT2D eigenvalue weighted by Crippen LogP contribution is -2.46. The van der Waals surface area contributed by atoms with Gasteiger partial charge in [0.25, 0.3) is 0 Å². The molecule has 4 N–H and O–H groups in total. The van der Waals surface area contributed by atoms with Gasteiger partial charge in [0.05, 0.1) is 0 Å². The molecule has 3 rings (SSSR count). The minimum absolute atomic E-state index is 0.126. The van der Waals surface area contributed by atoms with Gasteiger partial charge in [0.15, 0.2) is 5.96 Å². The van der Waals surface area contributed by atoms with Gasteiger partial charge in [-0.2, -0.15) is 0 Å². The summed E-state index contributed by atoms with van der Waals surface area (Å²) >= 11 is 0. The lowest BCUT2D eigenvalue weighted by molar-refractivity contribution is -0.122. The first-order chi connectivity index (χ1) is 13.5. The van der Waals surface area contributed by atoms with E-state index < -0.39 is 0 Å². The standard InChI is InChI=1S/C21H31N5O2/c1-23-21(26-10-4-6-16(14-26)12-19(22)27)24-13-15-5-2-9-18(11-15)25-20(28)17-7-3-8-17/h2,5,9,11,16-17H,3-4,6-8,10,12-14H2,1H3,(H2,22,27)(H,23,24)(H,25,28). The van der Waals surface area contributed by atoms with Crippen LogP contribution in [0.5, 0.6) is 0 Å². The molecule has 7 heteroatoms. The number of carbonyl (C=O) groups excluding carboxylic acids is 2. The Morgan fingerprint density at radius 2 is 2.07 bits per heavy atom. The molecule has 1 unspecified atom stereocenters. The van der Waals surface area contributed by atoms with E-state index in [1.807, 2.05) is 24.3 Å². The topological polar surface area (TPSA) is 99.8 Å². The molecule has 1 aliphatic heterocycles. The van der Waals surface area contributed by atoms with Crippen LogP contribution >= 0.6 is 0 Å². The van der Waals surface area contributed by atoms with Gasteiger partial charge in [0.2, 0.25) is 11.8 Å². The van der Waals surface area contributed by atoms with E-state index >= 15 is 0 Å². The van der Waals surface area contributed by atoms with Crippen molar-refractivity contribution in [3.63, 3.8) is 0 Å². The molecule has 1 aromatic carbocycles. The third-order valence-electron chi connectivity index (χ3n) is 5.64. The Morgan fingerprint density at radius 1 is 1.25 bits per heavy atom. The number of nitrogens with one attached hydrogen (secondary N) is 2. The monoisotopic (exact) mass is 385 g/mol. The van der Waals surface area contributed by atoms with Crippen molar-refractivity contribution < 1.29 is 9.59 Å². The van der Waals surface area contributed by atoms with Crippen LogP contribution in [0.2, 0.25) is 0 Å². The fourth-order valence-electron chi connectivity index (χ4n) is 3.90. The summed E-state index contributed by atoms with van der Waals surface area (Å²) in [4.78, 5) is 30.0. The predicted molar refractivity (Wildman–Crippen MR) is 111 cm³/mol. The number of carbonyl (C=O) groups is 2. The minimum atomic E-state index is -0.240. The highest BCUT2D eigenvalue weighted by molar-refractivity contribution is 5.93.